The number of carbonyl (C=O) groups is 2. The van der Waals surface area contributed by atoms with Crippen LogP contribution in [0.5, 0.6) is 5.75 Å². The Kier molecular flexibility index (Phi) is 6.17. The summed E-state index contributed by atoms with van der Waals surface area (Å²) < 4.78 is 5.51. The van der Waals surface area contributed by atoms with Gasteiger partial charge in [-0.2, -0.15) is 0 Å². The van der Waals surface area contributed by atoms with Gasteiger partial charge in [-0.05, 0) is 38.1 Å². The standard InChI is InChI=1S/C17H20N2O3S/c1-12-3-6-14(7-4-12)22-10-9-18-16(20)11-19-17(21)15-8-5-13(2)23-15/h3-8H,9-11H2,1-2H3,(H,18,20)(H,19,21). The fraction of sp³-hybridized carbons (Fsp3) is 0.294. The monoisotopic (exact) mass is 332 g/mol. The Balaban J connectivity index is 1.61. The molecule has 1 heterocycles. The average molecular weight is 332 g/mol. The SMILES string of the molecule is Cc1ccc(OCCNC(=O)CNC(=O)c2ccc(C)s2)cc1. The molecule has 0 radical (unpaired) electrons. The molecular weight excluding hydrogens is 312 g/mol. The van der Waals surface area contributed by atoms with Gasteiger partial charge in [0.2, 0.25) is 5.91 Å². The Morgan fingerprint density at radius 2 is 1.78 bits per heavy atom. The maximum absolute atomic E-state index is 11.8. The molecule has 6 heteroatoms. The van der Waals surface area contributed by atoms with Gasteiger partial charge in [-0.15, -0.1) is 11.3 Å². The molecule has 0 bridgehead atoms. The van der Waals surface area contributed by atoms with Gasteiger partial charge < -0.3 is 15.4 Å². The lowest BCUT2D eigenvalue weighted by molar-refractivity contribution is -0.120. The highest BCUT2D eigenvalue weighted by Crippen LogP contribution is 2.14. The van der Waals surface area contributed by atoms with Crippen LogP contribution < -0.4 is 15.4 Å². The number of thiophene rings is 1. The van der Waals surface area contributed by atoms with Crippen molar-refractivity contribution < 1.29 is 14.3 Å². The Hall–Kier alpha value is -2.34. The lowest BCUT2D eigenvalue weighted by atomic mass is 10.2. The van der Waals surface area contributed by atoms with E-state index in [0.29, 0.717) is 18.0 Å². The van der Waals surface area contributed by atoms with E-state index in [9.17, 15) is 9.59 Å². The van der Waals surface area contributed by atoms with E-state index in [1.807, 2.05) is 44.2 Å². The van der Waals surface area contributed by atoms with Crippen LogP contribution in [-0.2, 0) is 4.79 Å². The number of ether oxygens (including phenoxy) is 1. The number of carbonyl (C=O) groups excluding carboxylic acids is 2. The van der Waals surface area contributed by atoms with Gasteiger partial charge in [-0.3, -0.25) is 9.59 Å². The third-order valence-electron chi connectivity index (χ3n) is 3.09. The van der Waals surface area contributed by atoms with Crippen LogP contribution in [0.1, 0.15) is 20.1 Å². The molecule has 2 rings (SSSR count). The zero-order valence-corrected chi connectivity index (χ0v) is 14.0. The molecule has 23 heavy (non-hydrogen) atoms. The van der Waals surface area contributed by atoms with Crippen molar-refractivity contribution in [2.24, 2.45) is 0 Å². The van der Waals surface area contributed by atoms with Crippen molar-refractivity contribution in [2.45, 2.75) is 13.8 Å². The highest BCUT2D eigenvalue weighted by atomic mass is 32.1. The van der Waals surface area contributed by atoms with E-state index >= 15 is 0 Å². The minimum absolute atomic E-state index is 0.0414. The van der Waals surface area contributed by atoms with Crippen LogP contribution >= 0.6 is 11.3 Å². The first-order chi connectivity index (χ1) is 11.0. The topological polar surface area (TPSA) is 67.4 Å². The third kappa shape index (κ3) is 5.75. The lowest BCUT2D eigenvalue weighted by Gasteiger charge is -2.08. The quantitative estimate of drug-likeness (QED) is 0.765. The van der Waals surface area contributed by atoms with Crippen molar-refractivity contribution in [3.05, 3.63) is 51.7 Å². The average Bonchev–Trinajstić information content (AvgIpc) is 2.97. The molecule has 0 saturated heterocycles. The first-order valence-corrected chi connectivity index (χ1v) is 8.17. The second-order valence-electron chi connectivity index (χ2n) is 5.10. The van der Waals surface area contributed by atoms with Gasteiger partial charge in [0.05, 0.1) is 18.0 Å². The van der Waals surface area contributed by atoms with Crippen LogP contribution in [0.15, 0.2) is 36.4 Å². The van der Waals surface area contributed by atoms with E-state index in [0.717, 1.165) is 10.6 Å². The first kappa shape index (κ1) is 17.0. The van der Waals surface area contributed by atoms with E-state index in [2.05, 4.69) is 10.6 Å². The van der Waals surface area contributed by atoms with Crippen LogP contribution in [-0.4, -0.2) is 31.5 Å². The Bertz CT molecular complexity index is 665. The highest BCUT2D eigenvalue weighted by molar-refractivity contribution is 7.13. The normalized spacial score (nSPS) is 10.2. The van der Waals surface area contributed by atoms with E-state index in [-0.39, 0.29) is 18.4 Å². The van der Waals surface area contributed by atoms with Crippen molar-refractivity contribution in [3.8, 4) is 5.75 Å². The van der Waals surface area contributed by atoms with Crippen molar-refractivity contribution in [1.29, 1.82) is 0 Å². The van der Waals surface area contributed by atoms with E-state index in [4.69, 9.17) is 4.74 Å². The minimum atomic E-state index is -0.237. The Morgan fingerprint density at radius 1 is 1.04 bits per heavy atom. The van der Waals surface area contributed by atoms with Crippen LogP contribution in [0.3, 0.4) is 0 Å². The van der Waals surface area contributed by atoms with Gasteiger partial charge in [-0.1, -0.05) is 17.7 Å². The number of benzene rings is 1. The summed E-state index contributed by atoms with van der Waals surface area (Å²) in [4.78, 5) is 25.1. The summed E-state index contributed by atoms with van der Waals surface area (Å²) in [5.74, 6) is 0.305. The summed E-state index contributed by atoms with van der Waals surface area (Å²) in [6.45, 7) is 4.67. The summed E-state index contributed by atoms with van der Waals surface area (Å²) in [6.07, 6.45) is 0. The molecule has 0 unspecified atom stereocenters. The largest absolute Gasteiger partial charge is 0.492 e. The lowest BCUT2D eigenvalue weighted by Crippen LogP contribution is -2.38. The van der Waals surface area contributed by atoms with Crippen LogP contribution in [0.4, 0.5) is 0 Å². The van der Waals surface area contributed by atoms with E-state index < -0.39 is 0 Å². The molecule has 5 nitrogen and oxygen atoms in total. The number of hydrogen-bond donors (Lipinski definition) is 2. The summed E-state index contributed by atoms with van der Waals surface area (Å²) in [5, 5.41) is 5.30. The molecule has 0 aliphatic heterocycles. The number of nitrogens with one attached hydrogen (secondary N) is 2. The van der Waals surface area contributed by atoms with Crippen molar-refractivity contribution in [3.63, 3.8) is 0 Å². The molecule has 122 valence electrons. The molecule has 2 N–H and O–H groups in total. The maximum atomic E-state index is 11.8. The van der Waals surface area contributed by atoms with Crippen molar-refractivity contribution in [2.75, 3.05) is 19.7 Å². The second kappa shape index (κ2) is 8.33. The van der Waals surface area contributed by atoms with Crippen molar-refractivity contribution in [1.82, 2.24) is 10.6 Å². The number of hydrogen-bond acceptors (Lipinski definition) is 4. The summed E-state index contributed by atoms with van der Waals surface area (Å²) in [6, 6.07) is 11.3. The maximum Gasteiger partial charge on any atom is 0.261 e. The highest BCUT2D eigenvalue weighted by Gasteiger charge is 2.09. The molecule has 1 aromatic heterocycles. The smallest absolute Gasteiger partial charge is 0.261 e. The third-order valence-corrected chi connectivity index (χ3v) is 4.09. The molecule has 0 aliphatic carbocycles. The molecule has 0 fully saturated rings. The van der Waals surface area contributed by atoms with E-state index in [1.54, 1.807) is 6.07 Å². The molecule has 0 saturated carbocycles. The van der Waals surface area contributed by atoms with Gasteiger partial charge in [0.25, 0.3) is 5.91 Å². The first-order valence-electron chi connectivity index (χ1n) is 7.35. The summed E-state index contributed by atoms with van der Waals surface area (Å²) >= 11 is 1.40. The predicted octanol–water partition coefficient (Wildman–Crippen LogP) is 2.29. The number of amides is 2. The Morgan fingerprint density at radius 3 is 2.43 bits per heavy atom. The molecule has 1 aromatic carbocycles. The molecule has 0 spiro atoms. The fourth-order valence-electron chi connectivity index (χ4n) is 1.86. The van der Waals surface area contributed by atoms with Gasteiger partial charge in [0.1, 0.15) is 12.4 Å². The van der Waals surface area contributed by atoms with Crippen molar-refractivity contribution >= 4 is 23.2 Å². The van der Waals surface area contributed by atoms with E-state index in [1.165, 1.54) is 16.9 Å². The van der Waals surface area contributed by atoms with Crippen LogP contribution in [0.2, 0.25) is 0 Å². The van der Waals surface area contributed by atoms with Gasteiger partial charge >= 0.3 is 0 Å². The predicted molar refractivity (Wildman–Crippen MR) is 91.1 cm³/mol. The van der Waals surface area contributed by atoms with Gasteiger partial charge in [-0.25, -0.2) is 0 Å². The minimum Gasteiger partial charge on any atom is -0.492 e. The molecule has 2 amide bonds. The van der Waals surface area contributed by atoms with Crippen LogP contribution in [0.25, 0.3) is 0 Å². The van der Waals surface area contributed by atoms with Gasteiger partial charge in [0, 0.05) is 4.88 Å². The number of aryl methyl sites for hydroxylation is 2. The van der Waals surface area contributed by atoms with Gasteiger partial charge in [0.15, 0.2) is 0 Å². The zero-order valence-electron chi connectivity index (χ0n) is 13.2. The Labute approximate surface area is 139 Å². The molecular formula is C17H20N2O3S. The van der Waals surface area contributed by atoms with Crippen LogP contribution in [0, 0.1) is 13.8 Å². The second-order valence-corrected chi connectivity index (χ2v) is 6.39. The molecule has 0 aliphatic rings. The zero-order chi connectivity index (χ0) is 16.7. The molecule has 0 atom stereocenters. The fourth-order valence-corrected chi connectivity index (χ4v) is 2.64. The molecule has 2 aromatic rings. The number of rotatable bonds is 7. The summed E-state index contributed by atoms with van der Waals surface area (Å²) in [7, 11) is 0. The summed E-state index contributed by atoms with van der Waals surface area (Å²) in [5.41, 5.74) is 1.17.